The van der Waals surface area contributed by atoms with Crippen LogP contribution in [0.1, 0.15) is 19.3 Å². The lowest BCUT2D eigenvalue weighted by molar-refractivity contribution is 0.214. The van der Waals surface area contributed by atoms with E-state index in [1.54, 1.807) is 30.3 Å². The van der Waals surface area contributed by atoms with Crippen LogP contribution in [0.2, 0.25) is 0 Å². The molecule has 0 amide bonds. The van der Waals surface area contributed by atoms with Crippen molar-refractivity contribution in [3.05, 3.63) is 42.7 Å². The van der Waals surface area contributed by atoms with Crippen LogP contribution >= 0.6 is 0 Å². The number of aromatic nitrogens is 4. The van der Waals surface area contributed by atoms with Crippen LogP contribution in [0.15, 0.2) is 36.9 Å². The van der Waals surface area contributed by atoms with Gasteiger partial charge in [-0.15, -0.1) is 0 Å². The number of alkyl halides is 1. The van der Waals surface area contributed by atoms with Crippen LogP contribution in [-0.2, 0) is 7.05 Å². The van der Waals surface area contributed by atoms with Gasteiger partial charge in [0, 0.05) is 48.6 Å². The van der Waals surface area contributed by atoms with Crippen molar-refractivity contribution in [1.29, 1.82) is 0 Å². The van der Waals surface area contributed by atoms with Crippen molar-refractivity contribution in [2.75, 3.05) is 11.4 Å². The third-order valence-electron chi connectivity index (χ3n) is 6.93. The molecular weight excluding hydrogens is 414 g/mol. The van der Waals surface area contributed by atoms with Gasteiger partial charge in [0.05, 0.1) is 30.3 Å². The van der Waals surface area contributed by atoms with Gasteiger partial charge in [0.2, 0.25) is 0 Å². The Labute approximate surface area is 184 Å². The van der Waals surface area contributed by atoms with Gasteiger partial charge in [-0.25, -0.2) is 13.8 Å². The van der Waals surface area contributed by atoms with Crippen LogP contribution < -0.4 is 10.2 Å². The average molecular weight is 438 g/mol. The van der Waals surface area contributed by atoms with E-state index in [9.17, 15) is 13.9 Å². The highest BCUT2D eigenvalue weighted by Crippen LogP contribution is 2.43. The monoisotopic (exact) mass is 438 g/mol. The van der Waals surface area contributed by atoms with Crippen LogP contribution in [0.25, 0.3) is 22.4 Å². The van der Waals surface area contributed by atoms with Gasteiger partial charge >= 0.3 is 0 Å². The predicted octanol–water partition coefficient (Wildman–Crippen LogP) is 3.06. The molecule has 2 aromatic heterocycles. The number of nitrogens with zero attached hydrogens (tertiary/aromatic N) is 5. The van der Waals surface area contributed by atoms with Gasteiger partial charge in [-0.3, -0.25) is 9.67 Å². The van der Waals surface area contributed by atoms with Gasteiger partial charge in [-0.05, 0) is 37.3 Å². The fraction of sp³-hybridized carbons (Fsp3) is 0.435. The number of hydrogen-bond acceptors (Lipinski definition) is 6. The number of aryl methyl sites for hydroxylation is 1. The highest BCUT2D eigenvalue weighted by atomic mass is 19.1. The van der Waals surface area contributed by atoms with Crippen molar-refractivity contribution in [3.8, 4) is 28.1 Å². The first-order valence-electron chi connectivity index (χ1n) is 11.0. The second-order valence-corrected chi connectivity index (χ2v) is 9.10. The van der Waals surface area contributed by atoms with Gasteiger partial charge in [0.15, 0.2) is 0 Å². The van der Waals surface area contributed by atoms with E-state index < -0.39 is 12.0 Å². The summed E-state index contributed by atoms with van der Waals surface area (Å²) in [6, 6.07) is 2.68. The Bertz CT molecular complexity index is 1160. The number of piperidine rings is 1. The first-order chi connectivity index (χ1) is 15.5. The summed E-state index contributed by atoms with van der Waals surface area (Å²) in [6.45, 7) is 0.834. The molecule has 1 saturated heterocycles. The SMILES string of the molecule is Cn1cc(-c2cc(O)c(-c3cnc(N(C4CC4)[C@H]4[C@@H]5CN[C@@H](C5)[C@H]4F)cn3)cc2F)cn1. The van der Waals surface area contributed by atoms with Gasteiger partial charge in [0.1, 0.15) is 23.6 Å². The van der Waals surface area contributed by atoms with Crippen molar-refractivity contribution in [1.82, 2.24) is 25.1 Å². The van der Waals surface area contributed by atoms with Crippen molar-refractivity contribution < 1.29 is 13.9 Å². The summed E-state index contributed by atoms with van der Waals surface area (Å²) >= 11 is 0. The normalized spacial score (nSPS) is 26.6. The van der Waals surface area contributed by atoms with E-state index in [0.717, 1.165) is 25.8 Å². The summed E-state index contributed by atoms with van der Waals surface area (Å²) in [4.78, 5) is 11.1. The first-order valence-corrected chi connectivity index (χ1v) is 11.0. The van der Waals surface area contributed by atoms with Crippen LogP contribution in [0, 0.1) is 11.7 Å². The predicted molar refractivity (Wildman–Crippen MR) is 115 cm³/mol. The lowest BCUT2D eigenvalue weighted by Gasteiger charge is -2.37. The average Bonchev–Trinajstić information content (AvgIpc) is 3.20. The molecule has 32 heavy (non-hydrogen) atoms. The number of benzene rings is 1. The fourth-order valence-corrected chi connectivity index (χ4v) is 5.25. The van der Waals surface area contributed by atoms with Crippen molar-refractivity contribution in [3.63, 3.8) is 0 Å². The summed E-state index contributed by atoms with van der Waals surface area (Å²) in [7, 11) is 1.75. The molecule has 166 valence electrons. The minimum atomic E-state index is -0.922. The smallest absolute Gasteiger partial charge is 0.147 e. The van der Waals surface area contributed by atoms with Crippen LogP contribution in [-0.4, -0.2) is 55.7 Å². The molecular formula is C23H24F2N6O. The lowest BCUT2D eigenvalue weighted by atomic mass is 10.00. The van der Waals surface area contributed by atoms with E-state index in [4.69, 9.17) is 0 Å². The second-order valence-electron chi connectivity index (χ2n) is 9.10. The maximum Gasteiger partial charge on any atom is 0.147 e. The topological polar surface area (TPSA) is 79.1 Å². The Morgan fingerprint density at radius 2 is 2.00 bits per heavy atom. The number of halogens is 2. The van der Waals surface area contributed by atoms with Crippen molar-refractivity contribution in [2.24, 2.45) is 13.0 Å². The molecule has 2 bridgehead atoms. The molecule has 0 radical (unpaired) electrons. The Kier molecular flexibility index (Phi) is 4.43. The first kappa shape index (κ1) is 19.6. The highest BCUT2D eigenvalue weighted by Gasteiger charge is 2.53. The van der Waals surface area contributed by atoms with Gasteiger partial charge in [-0.2, -0.15) is 5.10 Å². The standard InChI is InChI=1S/C23H24F2N6O/c1-30-11-13(8-29-30)15-6-20(32)16(5-17(15)24)19-9-28-21(10-27-19)31(14-2-3-14)23-12-4-18(22(23)25)26-7-12/h5-6,8-12,14,18,22-23,26,32H,2-4,7H2,1H3/t12-,18-,22+,23-/m0/s1. The Balaban J connectivity index is 1.30. The van der Waals surface area contributed by atoms with Gasteiger partial charge < -0.3 is 15.3 Å². The zero-order chi connectivity index (χ0) is 22.0. The maximum atomic E-state index is 15.0. The van der Waals surface area contributed by atoms with E-state index in [-0.39, 0.29) is 34.9 Å². The quantitative estimate of drug-likeness (QED) is 0.638. The second kappa shape index (κ2) is 7.23. The number of rotatable bonds is 5. The molecule has 4 atom stereocenters. The fourth-order valence-electron chi connectivity index (χ4n) is 5.25. The molecule has 3 aromatic rings. The molecule has 3 aliphatic rings. The summed E-state index contributed by atoms with van der Waals surface area (Å²) in [6.07, 6.45) is 8.36. The van der Waals surface area contributed by atoms with Crippen LogP contribution in [0.5, 0.6) is 5.75 Å². The van der Waals surface area contributed by atoms with Crippen LogP contribution in [0.4, 0.5) is 14.6 Å². The summed E-state index contributed by atoms with van der Waals surface area (Å²) in [5.74, 6) is 0.346. The summed E-state index contributed by atoms with van der Waals surface area (Å²) < 4.78 is 31.4. The number of fused-ring (bicyclic) bond motifs is 2. The molecule has 7 nitrogen and oxygen atoms in total. The number of phenols is 1. The Hall–Kier alpha value is -3.07. The van der Waals surface area contributed by atoms with Gasteiger partial charge in [-0.1, -0.05) is 0 Å². The number of anilines is 1. The molecule has 2 N–H and O–H groups in total. The zero-order valence-corrected chi connectivity index (χ0v) is 17.6. The van der Waals surface area contributed by atoms with E-state index in [1.807, 2.05) is 0 Å². The number of hydrogen-bond donors (Lipinski definition) is 2. The Morgan fingerprint density at radius 3 is 2.62 bits per heavy atom. The molecule has 0 spiro atoms. The van der Waals surface area contributed by atoms with Crippen molar-refractivity contribution >= 4 is 5.82 Å². The molecule has 3 fully saturated rings. The number of nitrogens with one attached hydrogen (secondary N) is 1. The zero-order valence-electron chi connectivity index (χ0n) is 17.6. The number of phenolic OH excluding ortho intramolecular Hbond substituents is 1. The van der Waals surface area contributed by atoms with Gasteiger partial charge in [0.25, 0.3) is 0 Å². The van der Waals surface area contributed by atoms with E-state index in [1.165, 1.54) is 18.3 Å². The summed E-state index contributed by atoms with van der Waals surface area (Å²) in [5, 5.41) is 17.9. The molecule has 9 heteroatoms. The molecule has 3 heterocycles. The third-order valence-corrected chi connectivity index (χ3v) is 6.93. The lowest BCUT2D eigenvalue weighted by Crippen LogP contribution is -2.53. The largest absolute Gasteiger partial charge is 0.507 e. The van der Waals surface area contributed by atoms with Crippen LogP contribution in [0.3, 0.4) is 0 Å². The minimum Gasteiger partial charge on any atom is -0.507 e. The van der Waals surface area contributed by atoms with Crippen molar-refractivity contribution in [2.45, 2.75) is 43.6 Å². The molecule has 0 unspecified atom stereocenters. The number of aromatic hydroxyl groups is 1. The third kappa shape index (κ3) is 3.14. The molecule has 2 saturated carbocycles. The molecule has 1 aliphatic heterocycles. The van der Waals surface area contributed by atoms with E-state index in [2.05, 4.69) is 25.3 Å². The molecule has 6 rings (SSSR count). The van der Waals surface area contributed by atoms with E-state index >= 15 is 0 Å². The highest BCUT2D eigenvalue weighted by molar-refractivity contribution is 5.74. The minimum absolute atomic E-state index is 0.0725. The Morgan fingerprint density at radius 1 is 1.16 bits per heavy atom. The molecule has 1 aromatic carbocycles. The molecule has 2 aliphatic carbocycles. The van der Waals surface area contributed by atoms with E-state index in [0.29, 0.717) is 23.1 Å². The summed E-state index contributed by atoms with van der Waals surface area (Å²) in [5.41, 5.74) is 1.47. The maximum absolute atomic E-state index is 15.0.